The third kappa shape index (κ3) is 3.94. The highest BCUT2D eigenvalue weighted by Gasteiger charge is 2.17. The standard InChI is InChI=1S/C20H23NO4/c1-24-18-11-15-6-8-21(9-7-16(15)12-19(18)25-2)13-14-4-3-5-17(10-14)20(22)23/h3-5,10-12H,6-9,13H2,1-2H3,(H,22,23). The monoisotopic (exact) mass is 341 g/mol. The van der Waals surface area contributed by atoms with E-state index in [0.717, 1.165) is 49.5 Å². The van der Waals surface area contributed by atoms with Crippen LogP contribution in [-0.4, -0.2) is 43.3 Å². The summed E-state index contributed by atoms with van der Waals surface area (Å²) < 4.78 is 10.8. The van der Waals surface area contributed by atoms with Crippen molar-refractivity contribution >= 4 is 5.97 Å². The molecule has 0 saturated heterocycles. The van der Waals surface area contributed by atoms with Crippen molar-refractivity contribution in [3.63, 3.8) is 0 Å². The Hall–Kier alpha value is -2.53. The van der Waals surface area contributed by atoms with Crippen LogP contribution < -0.4 is 9.47 Å². The van der Waals surface area contributed by atoms with Gasteiger partial charge in [0.05, 0.1) is 19.8 Å². The lowest BCUT2D eigenvalue weighted by atomic mass is 10.0. The number of nitrogens with zero attached hydrogens (tertiary/aromatic N) is 1. The molecule has 0 fully saturated rings. The smallest absolute Gasteiger partial charge is 0.335 e. The van der Waals surface area contributed by atoms with Gasteiger partial charge in [0.1, 0.15) is 0 Å². The van der Waals surface area contributed by atoms with E-state index in [1.54, 1.807) is 32.4 Å². The average molecular weight is 341 g/mol. The highest BCUT2D eigenvalue weighted by Crippen LogP contribution is 2.32. The van der Waals surface area contributed by atoms with Crippen molar-refractivity contribution < 1.29 is 19.4 Å². The molecular formula is C20H23NO4. The van der Waals surface area contributed by atoms with E-state index in [0.29, 0.717) is 5.56 Å². The quantitative estimate of drug-likeness (QED) is 0.906. The lowest BCUT2D eigenvalue weighted by molar-refractivity contribution is 0.0696. The largest absolute Gasteiger partial charge is 0.493 e. The summed E-state index contributed by atoms with van der Waals surface area (Å²) in [6, 6.07) is 11.3. The molecule has 0 bridgehead atoms. The van der Waals surface area contributed by atoms with Crippen molar-refractivity contribution in [3.05, 3.63) is 58.7 Å². The third-order valence-corrected chi connectivity index (χ3v) is 4.68. The second-order valence-corrected chi connectivity index (χ2v) is 6.26. The molecule has 0 saturated carbocycles. The third-order valence-electron chi connectivity index (χ3n) is 4.68. The van der Waals surface area contributed by atoms with Crippen molar-refractivity contribution in [3.8, 4) is 11.5 Å². The van der Waals surface area contributed by atoms with E-state index >= 15 is 0 Å². The van der Waals surface area contributed by atoms with Gasteiger partial charge in [-0.3, -0.25) is 4.90 Å². The Morgan fingerprint density at radius 3 is 2.16 bits per heavy atom. The van der Waals surface area contributed by atoms with Crippen molar-refractivity contribution in [2.24, 2.45) is 0 Å². The molecule has 3 rings (SSSR count). The summed E-state index contributed by atoms with van der Waals surface area (Å²) in [6.07, 6.45) is 1.88. The molecule has 5 heteroatoms. The molecule has 2 aromatic rings. The van der Waals surface area contributed by atoms with Gasteiger partial charge in [-0.15, -0.1) is 0 Å². The Labute approximate surface area is 147 Å². The zero-order valence-electron chi connectivity index (χ0n) is 14.6. The van der Waals surface area contributed by atoms with Crippen LogP contribution in [0.4, 0.5) is 0 Å². The van der Waals surface area contributed by atoms with Gasteiger partial charge in [-0.05, 0) is 53.8 Å². The van der Waals surface area contributed by atoms with E-state index in [9.17, 15) is 4.79 Å². The van der Waals surface area contributed by atoms with E-state index in [4.69, 9.17) is 14.6 Å². The maximum Gasteiger partial charge on any atom is 0.335 e. The van der Waals surface area contributed by atoms with Gasteiger partial charge in [0, 0.05) is 19.6 Å². The van der Waals surface area contributed by atoms with E-state index in [1.807, 2.05) is 6.07 Å². The molecule has 132 valence electrons. The molecule has 1 aliphatic heterocycles. The van der Waals surface area contributed by atoms with Crippen LogP contribution >= 0.6 is 0 Å². The van der Waals surface area contributed by atoms with Crippen LogP contribution in [0.2, 0.25) is 0 Å². The second kappa shape index (κ2) is 7.57. The summed E-state index contributed by atoms with van der Waals surface area (Å²) in [5, 5.41) is 9.14. The number of carbonyl (C=O) groups is 1. The van der Waals surface area contributed by atoms with Crippen LogP contribution in [0.5, 0.6) is 11.5 Å². The first-order valence-electron chi connectivity index (χ1n) is 8.39. The predicted octanol–water partition coefficient (Wildman–Crippen LogP) is 3.00. The van der Waals surface area contributed by atoms with E-state index in [2.05, 4.69) is 17.0 Å². The molecule has 1 heterocycles. The fourth-order valence-corrected chi connectivity index (χ4v) is 3.32. The number of benzene rings is 2. The molecule has 0 aromatic heterocycles. The molecule has 2 aromatic carbocycles. The summed E-state index contributed by atoms with van der Waals surface area (Å²) in [4.78, 5) is 13.5. The number of rotatable bonds is 5. The van der Waals surface area contributed by atoms with Gasteiger partial charge in [-0.1, -0.05) is 12.1 Å². The Kier molecular flexibility index (Phi) is 5.24. The molecule has 0 atom stereocenters. The minimum atomic E-state index is -0.885. The van der Waals surface area contributed by atoms with Gasteiger partial charge in [0.2, 0.25) is 0 Å². The van der Waals surface area contributed by atoms with Crippen LogP contribution in [0.15, 0.2) is 36.4 Å². The second-order valence-electron chi connectivity index (χ2n) is 6.26. The van der Waals surface area contributed by atoms with Crippen LogP contribution in [0.25, 0.3) is 0 Å². The van der Waals surface area contributed by atoms with Crippen molar-refractivity contribution in [1.82, 2.24) is 4.90 Å². The summed E-state index contributed by atoms with van der Waals surface area (Å²) in [6.45, 7) is 2.61. The predicted molar refractivity (Wildman–Crippen MR) is 95.6 cm³/mol. The maximum atomic E-state index is 11.1. The summed E-state index contributed by atoms with van der Waals surface area (Å²) >= 11 is 0. The molecular weight excluding hydrogens is 318 g/mol. The van der Waals surface area contributed by atoms with Crippen molar-refractivity contribution in [1.29, 1.82) is 0 Å². The van der Waals surface area contributed by atoms with Crippen LogP contribution in [0.3, 0.4) is 0 Å². The number of aromatic carboxylic acids is 1. The molecule has 1 aliphatic rings. The fraction of sp³-hybridized carbons (Fsp3) is 0.350. The van der Waals surface area contributed by atoms with Crippen LogP contribution in [0, 0.1) is 0 Å². The zero-order valence-corrected chi connectivity index (χ0v) is 14.6. The van der Waals surface area contributed by atoms with E-state index in [1.165, 1.54) is 11.1 Å². The lowest BCUT2D eigenvalue weighted by Gasteiger charge is -2.19. The molecule has 25 heavy (non-hydrogen) atoms. The normalized spacial score (nSPS) is 14.5. The average Bonchev–Trinajstić information content (AvgIpc) is 2.82. The number of hydrogen-bond acceptors (Lipinski definition) is 4. The fourth-order valence-electron chi connectivity index (χ4n) is 3.32. The maximum absolute atomic E-state index is 11.1. The molecule has 0 spiro atoms. The van der Waals surface area contributed by atoms with Gasteiger partial charge in [-0.25, -0.2) is 4.79 Å². The minimum absolute atomic E-state index is 0.338. The van der Waals surface area contributed by atoms with Gasteiger partial charge in [0.25, 0.3) is 0 Å². The molecule has 1 N–H and O–H groups in total. The topological polar surface area (TPSA) is 59.0 Å². The first-order valence-corrected chi connectivity index (χ1v) is 8.39. The summed E-state index contributed by atoms with van der Waals surface area (Å²) in [5.41, 5.74) is 3.95. The highest BCUT2D eigenvalue weighted by molar-refractivity contribution is 5.87. The van der Waals surface area contributed by atoms with Crippen molar-refractivity contribution in [2.75, 3.05) is 27.3 Å². The molecule has 0 radical (unpaired) electrons. The SMILES string of the molecule is COc1cc2c(cc1OC)CCN(Cc1cccc(C(=O)O)c1)CC2. The Morgan fingerprint density at radius 1 is 1.04 bits per heavy atom. The van der Waals surface area contributed by atoms with Crippen LogP contribution in [-0.2, 0) is 19.4 Å². The number of ether oxygens (including phenoxy) is 2. The number of hydrogen-bond donors (Lipinski definition) is 1. The number of carboxylic acid groups (broad SMARTS) is 1. The van der Waals surface area contributed by atoms with E-state index in [-0.39, 0.29) is 0 Å². The Balaban J connectivity index is 1.74. The molecule has 0 amide bonds. The molecule has 0 unspecified atom stereocenters. The first-order chi connectivity index (χ1) is 12.1. The van der Waals surface area contributed by atoms with Gasteiger partial charge < -0.3 is 14.6 Å². The van der Waals surface area contributed by atoms with Crippen LogP contribution in [0.1, 0.15) is 27.0 Å². The number of fused-ring (bicyclic) bond motifs is 1. The van der Waals surface area contributed by atoms with Gasteiger partial charge in [-0.2, -0.15) is 0 Å². The lowest BCUT2D eigenvalue weighted by Crippen LogP contribution is -2.26. The zero-order chi connectivity index (χ0) is 17.8. The number of carboxylic acids is 1. The Morgan fingerprint density at radius 2 is 1.64 bits per heavy atom. The Bertz CT molecular complexity index is 737. The first kappa shape index (κ1) is 17.3. The van der Waals surface area contributed by atoms with Crippen molar-refractivity contribution in [2.45, 2.75) is 19.4 Å². The molecule has 0 aliphatic carbocycles. The summed E-state index contributed by atoms with van der Waals surface area (Å²) in [5.74, 6) is 0.650. The van der Waals surface area contributed by atoms with E-state index < -0.39 is 5.97 Å². The molecule has 5 nitrogen and oxygen atoms in total. The van der Waals surface area contributed by atoms with Gasteiger partial charge in [0.15, 0.2) is 11.5 Å². The summed E-state index contributed by atoms with van der Waals surface area (Å²) in [7, 11) is 3.31. The highest BCUT2D eigenvalue weighted by atomic mass is 16.5. The number of methoxy groups -OCH3 is 2. The van der Waals surface area contributed by atoms with Gasteiger partial charge >= 0.3 is 5.97 Å². The minimum Gasteiger partial charge on any atom is -0.493 e.